The minimum atomic E-state index is -0.376. The summed E-state index contributed by atoms with van der Waals surface area (Å²) in [6.07, 6.45) is 3.53. The van der Waals surface area contributed by atoms with Crippen LogP contribution in [-0.2, 0) is 0 Å². The molecule has 0 spiro atoms. The average molecular weight is 414 g/mol. The predicted molar refractivity (Wildman–Crippen MR) is 113 cm³/mol. The van der Waals surface area contributed by atoms with E-state index in [4.69, 9.17) is 0 Å². The number of hydrogen-bond donors (Lipinski definition) is 2. The van der Waals surface area contributed by atoms with Crippen molar-refractivity contribution in [2.24, 2.45) is 5.92 Å². The molecule has 0 saturated carbocycles. The lowest BCUT2D eigenvalue weighted by Gasteiger charge is -2.32. The number of fused-ring (bicyclic) bond motifs is 1. The molecule has 2 amide bonds. The van der Waals surface area contributed by atoms with E-state index in [1.807, 2.05) is 36.1 Å². The zero-order chi connectivity index (χ0) is 20.4. The molecule has 9 nitrogen and oxygen atoms in total. The van der Waals surface area contributed by atoms with Gasteiger partial charge in [0.1, 0.15) is 6.20 Å². The first-order valence-corrected chi connectivity index (χ1v) is 10.4. The summed E-state index contributed by atoms with van der Waals surface area (Å²) < 4.78 is 1.52. The third-order valence-corrected chi connectivity index (χ3v) is 5.83. The lowest BCUT2D eigenvalue weighted by atomic mass is 9.98. The molecule has 1 atom stereocenters. The van der Waals surface area contributed by atoms with Gasteiger partial charge in [0.05, 0.1) is 0 Å². The molecule has 0 aliphatic carbocycles. The van der Waals surface area contributed by atoms with E-state index in [0.717, 1.165) is 30.6 Å². The lowest BCUT2D eigenvalue weighted by molar-refractivity contribution is -0.389. The molecule has 1 fully saturated rings. The van der Waals surface area contributed by atoms with E-state index >= 15 is 0 Å². The van der Waals surface area contributed by atoms with Crippen LogP contribution in [0.4, 0.5) is 22.1 Å². The van der Waals surface area contributed by atoms with Gasteiger partial charge >= 0.3 is 11.8 Å². The zero-order valence-corrected chi connectivity index (χ0v) is 16.8. The van der Waals surface area contributed by atoms with E-state index in [-0.39, 0.29) is 22.7 Å². The quantitative estimate of drug-likeness (QED) is 0.490. The van der Waals surface area contributed by atoms with Crippen LogP contribution >= 0.6 is 11.3 Å². The Hall–Kier alpha value is -3.14. The van der Waals surface area contributed by atoms with Gasteiger partial charge in [-0.25, -0.2) is 4.79 Å². The summed E-state index contributed by atoms with van der Waals surface area (Å²) in [4.78, 5) is 30.4. The van der Waals surface area contributed by atoms with Gasteiger partial charge in [-0.05, 0) is 42.7 Å². The Labute approximate surface area is 171 Å². The summed E-state index contributed by atoms with van der Waals surface area (Å²) in [7, 11) is 0. The number of aryl methyl sites for hydroxylation is 1. The van der Waals surface area contributed by atoms with Crippen molar-refractivity contribution < 1.29 is 9.72 Å². The summed E-state index contributed by atoms with van der Waals surface area (Å²) in [5.41, 5.74) is 1.87. The maximum Gasteiger partial charge on any atom is 0.373 e. The molecule has 0 radical (unpaired) electrons. The van der Waals surface area contributed by atoms with E-state index in [9.17, 15) is 14.9 Å². The third kappa shape index (κ3) is 4.16. The highest BCUT2D eigenvalue weighted by atomic mass is 32.1. The van der Waals surface area contributed by atoms with Crippen molar-refractivity contribution >= 4 is 39.7 Å². The van der Waals surface area contributed by atoms with E-state index in [1.54, 1.807) is 11.6 Å². The number of amides is 2. The van der Waals surface area contributed by atoms with Crippen LogP contribution in [0.1, 0.15) is 18.4 Å². The number of thiazole rings is 1. The zero-order valence-electron chi connectivity index (χ0n) is 16.0. The SMILES string of the molecule is Cc1ccc(NC(=O)NC[C@@H]2CCCN(c3nc4sccn4c3[N+](=O)[O-])C2)cc1. The largest absolute Gasteiger partial charge is 0.373 e. The molecule has 152 valence electrons. The van der Waals surface area contributed by atoms with Gasteiger partial charge in [-0.1, -0.05) is 29.0 Å². The molecule has 1 aliphatic rings. The number of aromatic nitrogens is 2. The second-order valence-corrected chi connectivity index (χ2v) is 8.10. The number of rotatable bonds is 5. The summed E-state index contributed by atoms with van der Waals surface area (Å²) in [6, 6.07) is 7.36. The minimum Gasteiger partial charge on any atom is -0.358 e. The Morgan fingerprint density at radius 3 is 2.93 bits per heavy atom. The van der Waals surface area contributed by atoms with E-state index in [2.05, 4.69) is 15.6 Å². The number of hydrogen-bond acceptors (Lipinski definition) is 6. The number of urea groups is 1. The van der Waals surface area contributed by atoms with Crippen LogP contribution in [0.25, 0.3) is 4.96 Å². The Kier molecular flexibility index (Phi) is 5.34. The van der Waals surface area contributed by atoms with Crippen LogP contribution in [0, 0.1) is 23.0 Å². The van der Waals surface area contributed by atoms with Gasteiger partial charge in [0.25, 0.3) is 4.96 Å². The van der Waals surface area contributed by atoms with E-state index < -0.39 is 0 Å². The van der Waals surface area contributed by atoms with Crippen LogP contribution in [0.15, 0.2) is 35.8 Å². The molecular weight excluding hydrogens is 392 g/mol. The highest BCUT2D eigenvalue weighted by molar-refractivity contribution is 7.15. The fraction of sp³-hybridized carbons (Fsp3) is 0.368. The highest BCUT2D eigenvalue weighted by Gasteiger charge is 2.31. The van der Waals surface area contributed by atoms with E-state index in [0.29, 0.717) is 23.9 Å². The highest BCUT2D eigenvalue weighted by Crippen LogP contribution is 2.33. The van der Waals surface area contributed by atoms with Gasteiger partial charge in [-0.15, -0.1) is 0 Å². The molecule has 0 bridgehead atoms. The van der Waals surface area contributed by atoms with Crippen molar-refractivity contribution in [2.75, 3.05) is 29.9 Å². The average Bonchev–Trinajstić information content (AvgIpc) is 3.29. The summed E-state index contributed by atoms with van der Waals surface area (Å²) >= 11 is 1.38. The number of nitrogens with zero attached hydrogens (tertiary/aromatic N) is 4. The van der Waals surface area contributed by atoms with Gasteiger partial charge < -0.3 is 25.6 Å². The first-order valence-electron chi connectivity index (χ1n) is 9.47. The molecule has 2 aromatic heterocycles. The van der Waals surface area contributed by atoms with Crippen molar-refractivity contribution in [3.8, 4) is 0 Å². The van der Waals surface area contributed by atoms with Gasteiger partial charge in [0.15, 0.2) is 0 Å². The van der Waals surface area contributed by atoms with E-state index in [1.165, 1.54) is 15.7 Å². The maximum atomic E-state index is 12.2. The van der Waals surface area contributed by atoms with Gasteiger partial charge in [-0.3, -0.25) is 0 Å². The number of carbonyl (C=O) groups excluding carboxylic acids is 1. The molecule has 1 aromatic carbocycles. The predicted octanol–water partition coefficient (Wildman–Crippen LogP) is 3.65. The van der Waals surface area contributed by atoms with Gasteiger partial charge in [-0.2, -0.15) is 9.38 Å². The maximum absolute atomic E-state index is 12.2. The lowest BCUT2D eigenvalue weighted by Crippen LogP contribution is -2.42. The molecule has 4 rings (SSSR count). The molecule has 1 saturated heterocycles. The molecule has 2 N–H and O–H groups in total. The van der Waals surface area contributed by atoms with Crippen molar-refractivity contribution in [3.63, 3.8) is 0 Å². The molecule has 29 heavy (non-hydrogen) atoms. The van der Waals surface area contributed by atoms with Crippen LogP contribution in [-0.4, -0.2) is 40.0 Å². The number of anilines is 2. The van der Waals surface area contributed by atoms with Crippen LogP contribution in [0.2, 0.25) is 0 Å². The molecular formula is C19H22N6O3S. The standard InChI is InChI=1S/C19H22N6O3S/c1-13-4-6-15(7-5-13)21-18(26)20-11-14-3-2-8-23(12-14)16-17(25(27)28)24-9-10-29-19(24)22-16/h4-7,9-10,14H,2-3,8,11-12H2,1H3,(H2,20,21,26)/t14-/m0/s1. The monoisotopic (exact) mass is 414 g/mol. The number of nitro groups is 1. The number of piperidine rings is 1. The van der Waals surface area contributed by atoms with Crippen LogP contribution < -0.4 is 15.5 Å². The molecule has 3 aromatic rings. The summed E-state index contributed by atoms with van der Waals surface area (Å²) in [5.74, 6) is 0.620. The first-order chi connectivity index (χ1) is 14.0. The normalized spacial score (nSPS) is 16.7. The molecule has 3 heterocycles. The smallest absolute Gasteiger partial charge is 0.358 e. The fourth-order valence-electron chi connectivity index (χ4n) is 3.62. The number of benzene rings is 1. The molecule has 1 aliphatic heterocycles. The Morgan fingerprint density at radius 2 is 2.17 bits per heavy atom. The second kappa shape index (κ2) is 8.08. The summed E-state index contributed by atoms with van der Waals surface area (Å²) in [6.45, 7) is 3.84. The van der Waals surface area contributed by atoms with Crippen LogP contribution in [0.5, 0.6) is 0 Å². The number of imidazole rings is 1. The second-order valence-electron chi connectivity index (χ2n) is 7.23. The Bertz CT molecular complexity index is 1030. The Morgan fingerprint density at radius 1 is 1.38 bits per heavy atom. The minimum absolute atomic E-state index is 0.00646. The topological polar surface area (TPSA) is 105 Å². The van der Waals surface area contributed by atoms with Crippen LogP contribution in [0.3, 0.4) is 0 Å². The first kappa shape index (κ1) is 19.2. The van der Waals surface area contributed by atoms with Crippen molar-refractivity contribution in [1.29, 1.82) is 0 Å². The number of nitrogens with one attached hydrogen (secondary N) is 2. The Balaban J connectivity index is 1.38. The van der Waals surface area contributed by atoms with Gasteiger partial charge in [0.2, 0.25) is 5.82 Å². The third-order valence-electron chi connectivity index (χ3n) is 5.07. The van der Waals surface area contributed by atoms with Crippen molar-refractivity contribution in [1.82, 2.24) is 14.7 Å². The molecule has 0 unspecified atom stereocenters. The molecule has 10 heteroatoms. The summed E-state index contributed by atoms with van der Waals surface area (Å²) in [5, 5.41) is 19.1. The fourth-order valence-corrected chi connectivity index (χ4v) is 4.32. The van der Waals surface area contributed by atoms with Gasteiger partial charge in [0, 0.05) is 30.7 Å². The van der Waals surface area contributed by atoms with Crippen molar-refractivity contribution in [2.45, 2.75) is 19.8 Å². The number of carbonyl (C=O) groups is 1. The van der Waals surface area contributed by atoms with Crippen molar-refractivity contribution in [3.05, 3.63) is 51.5 Å².